The summed E-state index contributed by atoms with van der Waals surface area (Å²) in [4.78, 5) is 13.5. The number of rotatable bonds is 5. The first-order valence-electron chi connectivity index (χ1n) is 7.71. The quantitative estimate of drug-likeness (QED) is 0.688. The van der Waals surface area contributed by atoms with E-state index < -0.39 is 11.4 Å². The number of aryl methyl sites for hydroxylation is 1. The first-order valence-corrected chi connectivity index (χ1v) is 8.53. The van der Waals surface area contributed by atoms with E-state index in [0.29, 0.717) is 40.2 Å². The van der Waals surface area contributed by atoms with Crippen LogP contribution < -0.4 is 22.9 Å². The fourth-order valence-corrected chi connectivity index (χ4v) is 3.52. The van der Waals surface area contributed by atoms with E-state index in [9.17, 15) is 4.39 Å². The summed E-state index contributed by atoms with van der Waals surface area (Å²) in [7, 11) is 0. The monoisotopic (exact) mass is 372 g/mol. The minimum atomic E-state index is -0.955. The summed E-state index contributed by atoms with van der Waals surface area (Å²) in [6.45, 7) is 6.04. The molecule has 7 nitrogen and oxygen atoms in total. The maximum atomic E-state index is 14.4. The van der Waals surface area contributed by atoms with Crippen molar-refractivity contribution < 1.29 is 4.39 Å². The average molecular weight is 372 g/mol. The maximum Gasteiger partial charge on any atom is 0.183 e. The molecule has 0 fully saturated rings. The smallest absolute Gasteiger partial charge is 0.183 e. The lowest BCUT2D eigenvalue weighted by molar-refractivity contribution is 0.502. The molecule has 135 valence electrons. The molecule has 0 amide bonds. The Balaban J connectivity index is 0.00000243. The maximum absolute atomic E-state index is 14.4. The third-order valence-electron chi connectivity index (χ3n) is 3.77. The van der Waals surface area contributed by atoms with Gasteiger partial charge in [0.15, 0.2) is 16.8 Å². The Morgan fingerprint density at radius 1 is 1.46 bits per heavy atom. The second-order valence-electron chi connectivity index (χ2n) is 5.81. The fraction of sp³-hybridized carbons (Fsp3) is 0.235. The van der Waals surface area contributed by atoms with Crippen molar-refractivity contribution in [1.82, 2.24) is 21.1 Å². The average Bonchev–Trinajstić information content (AvgIpc) is 2.93. The van der Waals surface area contributed by atoms with E-state index in [-0.39, 0.29) is 11.8 Å². The van der Waals surface area contributed by atoms with E-state index in [4.69, 9.17) is 11.5 Å². The molecule has 0 saturated heterocycles. The molecule has 0 spiro atoms. The van der Waals surface area contributed by atoms with E-state index in [0.717, 1.165) is 6.20 Å². The van der Waals surface area contributed by atoms with E-state index >= 15 is 0 Å². The van der Waals surface area contributed by atoms with Crippen LogP contribution in [0, 0.1) is 12.7 Å². The molecule has 0 saturated carbocycles. The van der Waals surface area contributed by atoms with Crippen molar-refractivity contribution >= 4 is 16.5 Å². The van der Waals surface area contributed by atoms with E-state index in [1.54, 1.807) is 24.3 Å². The summed E-state index contributed by atoms with van der Waals surface area (Å²) in [5.74, 6) is -0.192. The van der Waals surface area contributed by atoms with Crippen molar-refractivity contribution in [2.45, 2.75) is 18.9 Å². The highest BCUT2D eigenvalue weighted by Crippen LogP contribution is 2.34. The molecule has 0 bridgehead atoms. The normalized spacial score (nSPS) is 18.8. The first kappa shape index (κ1) is 19.7. The Morgan fingerprint density at radius 3 is 2.92 bits per heavy atom. The van der Waals surface area contributed by atoms with Crippen LogP contribution in [0.5, 0.6) is 0 Å². The van der Waals surface area contributed by atoms with Gasteiger partial charge in [-0.3, -0.25) is 0 Å². The molecule has 0 aliphatic heterocycles. The van der Waals surface area contributed by atoms with Gasteiger partial charge in [0.2, 0.25) is 0 Å². The summed E-state index contributed by atoms with van der Waals surface area (Å²) in [6.07, 6.45) is 8.57. The number of thiazole rings is 1. The molecular weight excluding hydrogens is 353 g/mol. The van der Waals surface area contributed by atoms with Crippen molar-refractivity contribution in [3.63, 3.8) is 0 Å². The highest BCUT2D eigenvalue weighted by molar-refractivity contribution is 7.19. The molecule has 2 heterocycles. The molecule has 3 rings (SSSR count). The summed E-state index contributed by atoms with van der Waals surface area (Å²) in [5, 5.41) is 3.78. The molecular formula is C17H19FN7S. The van der Waals surface area contributed by atoms with Gasteiger partial charge in [-0.15, -0.1) is 6.58 Å². The van der Waals surface area contributed by atoms with Gasteiger partial charge in [0.1, 0.15) is 11.2 Å². The standard InChI is InChI=1S/C17H19FN6S.N/c1-3-7-21-16-23-10(2)14(25-16)13-12(18)9-22-15(24-13)17(20)6-4-5-11(19)8-17;/h3-6,9H,1,7-8,19-20H2,2H3,(H,21,23);. The van der Waals surface area contributed by atoms with Crippen LogP contribution >= 0.6 is 11.3 Å². The Hall–Kier alpha value is -2.62. The molecule has 9 heteroatoms. The molecule has 1 atom stereocenters. The molecule has 26 heavy (non-hydrogen) atoms. The van der Waals surface area contributed by atoms with Crippen LogP contribution in [0.2, 0.25) is 0 Å². The third kappa shape index (κ3) is 3.79. The molecule has 1 unspecified atom stereocenters. The van der Waals surface area contributed by atoms with Crippen molar-refractivity contribution in [2.75, 3.05) is 11.9 Å². The zero-order valence-electron chi connectivity index (χ0n) is 14.2. The zero-order valence-corrected chi connectivity index (χ0v) is 15.1. The summed E-state index contributed by atoms with van der Waals surface area (Å²) >= 11 is 1.33. The third-order valence-corrected chi connectivity index (χ3v) is 4.89. The number of allylic oxidation sites excluding steroid dienone is 2. The van der Waals surface area contributed by atoms with E-state index in [2.05, 4.69) is 26.8 Å². The molecule has 3 radical (unpaired) electrons. The van der Waals surface area contributed by atoms with Gasteiger partial charge in [-0.2, -0.15) is 0 Å². The van der Waals surface area contributed by atoms with Crippen LogP contribution in [0.3, 0.4) is 0 Å². The van der Waals surface area contributed by atoms with Gasteiger partial charge in [-0.25, -0.2) is 19.3 Å². The van der Waals surface area contributed by atoms with Gasteiger partial charge < -0.3 is 16.8 Å². The topological polar surface area (TPSA) is 133 Å². The lowest BCUT2D eigenvalue weighted by atomic mass is 9.89. The van der Waals surface area contributed by atoms with Crippen LogP contribution in [0.15, 0.2) is 42.8 Å². The SMILES string of the molecule is C=CCNc1nc(C)c(-c2nc(C3(N)C=CC=C(N)C3)ncc2F)s1.[N]. The summed E-state index contributed by atoms with van der Waals surface area (Å²) < 4.78 is 14.4. The van der Waals surface area contributed by atoms with Crippen LogP contribution in [0.4, 0.5) is 9.52 Å². The summed E-state index contributed by atoms with van der Waals surface area (Å²) in [6, 6.07) is 0. The molecule has 2 aromatic heterocycles. The Labute approximate surface area is 155 Å². The van der Waals surface area contributed by atoms with Crippen LogP contribution in [-0.2, 0) is 5.54 Å². The van der Waals surface area contributed by atoms with Crippen molar-refractivity contribution in [3.8, 4) is 10.6 Å². The molecule has 2 aromatic rings. The first-order chi connectivity index (χ1) is 11.9. The second-order valence-corrected chi connectivity index (χ2v) is 6.81. The van der Waals surface area contributed by atoms with E-state index in [1.807, 2.05) is 6.92 Å². The van der Waals surface area contributed by atoms with Gasteiger partial charge in [0, 0.05) is 24.8 Å². The summed E-state index contributed by atoms with van der Waals surface area (Å²) in [5.41, 5.74) is 12.8. The molecule has 0 aromatic carbocycles. The highest BCUT2D eigenvalue weighted by atomic mass is 32.1. The number of anilines is 1. The van der Waals surface area contributed by atoms with Crippen molar-refractivity contribution in [2.24, 2.45) is 11.5 Å². The van der Waals surface area contributed by atoms with Gasteiger partial charge >= 0.3 is 0 Å². The second kappa shape index (κ2) is 7.73. The number of nitrogens with two attached hydrogens (primary N) is 2. The lowest BCUT2D eigenvalue weighted by Crippen LogP contribution is -2.39. The molecule has 1 aliphatic rings. The van der Waals surface area contributed by atoms with Crippen molar-refractivity contribution in [3.05, 3.63) is 60.1 Å². The van der Waals surface area contributed by atoms with Crippen LogP contribution in [-0.4, -0.2) is 21.5 Å². The Morgan fingerprint density at radius 2 is 2.23 bits per heavy atom. The van der Waals surface area contributed by atoms with Crippen molar-refractivity contribution in [1.29, 1.82) is 0 Å². The number of nitrogens with one attached hydrogen (secondary N) is 1. The van der Waals surface area contributed by atoms with Crippen LogP contribution in [0.25, 0.3) is 10.6 Å². The highest BCUT2D eigenvalue weighted by Gasteiger charge is 2.31. The number of hydrogen-bond acceptors (Lipinski definition) is 7. The van der Waals surface area contributed by atoms with Gasteiger partial charge in [-0.05, 0) is 13.0 Å². The lowest BCUT2D eigenvalue weighted by Gasteiger charge is -2.27. The zero-order chi connectivity index (χ0) is 18.0. The van der Waals surface area contributed by atoms with Crippen LogP contribution in [0.1, 0.15) is 17.9 Å². The minimum absolute atomic E-state index is 0. The minimum Gasteiger partial charge on any atom is -0.402 e. The van der Waals surface area contributed by atoms with Gasteiger partial charge in [0.05, 0.1) is 16.8 Å². The molecule has 1 aliphatic carbocycles. The van der Waals surface area contributed by atoms with E-state index in [1.165, 1.54) is 11.3 Å². The predicted octanol–water partition coefficient (Wildman–Crippen LogP) is 2.12. The largest absolute Gasteiger partial charge is 0.402 e. The number of nitrogens with zero attached hydrogens (tertiary/aromatic N) is 4. The number of hydrogen-bond donors (Lipinski definition) is 3. The number of aromatic nitrogens is 3. The number of halogens is 1. The molecule has 5 N–H and O–H groups in total. The Bertz CT molecular complexity index is 874. The Kier molecular flexibility index (Phi) is 5.86. The predicted molar refractivity (Wildman–Crippen MR) is 101 cm³/mol. The van der Waals surface area contributed by atoms with Gasteiger partial charge in [-0.1, -0.05) is 29.6 Å². The van der Waals surface area contributed by atoms with Gasteiger partial charge in [0.25, 0.3) is 0 Å². The fourth-order valence-electron chi connectivity index (χ4n) is 2.55.